The highest BCUT2D eigenvalue weighted by atomic mass is 19.1. The molecule has 0 unspecified atom stereocenters. The molecule has 2 N–H and O–H groups in total. The Morgan fingerprint density at radius 2 is 1.69 bits per heavy atom. The zero-order valence-electron chi connectivity index (χ0n) is 13.8. The summed E-state index contributed by atoms with van der Waals surface area (Å²) in [6, 6.07) is 12.0. The van der Waals surface area contributed by atoms with Gasteiger partial charge in [-0.25, -0.2) is 4.39 Å². The normalized spacial score (nSPS) is 12.0. The topological polar surface area (TPSA) is 81.2 Å². The molecule has 0 fully saturated rings. The second kappa shape index (κ2) is 7.22. The molecule has 26 heavy (non-hydrogen) atoms. The van der Waals surface area contributed by atoms with Crippen molar-refractivity contribution < 1.29 is 13.9 Å². The fourth-order valence-corrected chi connectivity index (χ4v) is 2.49. The summed E-state index contributed by atoms with van der Waals surface area (Å²) in [6.45, 7) is 1.29. The van der Waals surface area contributed by atoms with E-state index in [1.807, 2.05) is 18.2 Å². The van der Waals surface area contributed by atoms with Gasteiger partial charge in [-0.3, -0.25) is 0 Å². The molecule has 0 saturated carbocycles. The third kappa shape index (κ3) is 3.80. The fourth-order valence-electron chi connectivity index (χ4n) is 2.49. The van der Waals surface area contributed by atoms with Crippen molar-refractivity contribution in [2.24, 2.45) is 0 Å². The predicted molar refractivity (Wildman–Crippen MR) is 93.4 cm³/mol. The number of fused-ring (bicyclic) bond motifs is 1. The number of hydrogen-bond donors (Lipinski definition) is 2. The van der Waals surface area contributed by atoms with E-state index in [0.29, 0.717) is 24.9 Å². The van der Waals surface area contributed by atoms with Gasteiger partial charge in [0.05, 0.1) is 6.20 Å². The monoisotopic (exact) mass is 353 g/mol. The molecule has 1 aliphatic rings. The van der Waals surface area contributed by atoms with Crippen molar-refractivity contribution >= 4 is 11.8 Å². The van der Waals surface area contributed by atoms with E-state index in [9.17, 15) is 4.39 Å². The number of benzene rings is 2. The van der Waals surface area contributed by atoms with Crippen LogP contribution in [0.5, 0.6) is 11.5 Å². The number of anilines is 2. The van der Waals surface area contributed by atoms with Gasteiger partial charge in [0.2, 0.25) is 12.7 Å². The van der Waals surface area contributed by atoms with Gasteiger partial charge in [-0.05, 0) is 35.4 Å². The Labute approximate surface area is 149 Å². The smallest absolute Gasteiger partial charge is 0.244 e. The second-order valence-corrected chi connectivity index (χ2v) is 5.69. The maximum Gasteiger partial charge on any atom is 0.244 e. The highest BCUT2D eigenvalue weighted by Gasteiger charge is 2.13. The summed E-state index contributed by atoms with van der Waals surface area (Å²) in [7, 11) is 0. The van der Waals surface area contributed by atoms with Gasteiger partial charge in [0.15, 0.2) is 17.3 Å². The lowest BCUT2D eigenvalue weighted by molar-refractivity contribution is 0.174. The lowest BCUT2D eigenvalue weighted by Gasteiger charge is -2.08. The van der Waals surface area contributed by atoms with E-state index in [1.165, 1.54) is 18.3 Å². The first-order valence-electron chi connectivity index (χ1n) is 8.07. The minimum atomic E-state index is -0.257. The number of ether oxygens (including phenoxy) is 2. The minimum Gasteiger partial charge on any atom is -0.454 e. The maximum absolute atomic E-state index is 12.9. The van der Waals surface area contributed by atoms with Crippen LogP contribution in [0.4, 0.5) is 16.2 Å². The van der Waals surface area contributed by atoms with Crippen LogP contribution in [0.1, 0.15) is 11.1 Å². The standard InChI is InChI=1S/C18H16FN5O2/c19-14-4-1-12(2-5-14)8-20-17-10-22-24-18(23-17)21-9-13-3-6-15-16(7-13)26-11-25-15/h1-7,10H,8-9,11H2,(H2,20,21,23,24). The van der Waals surface area contributed by atoms with Crippen molar-refractivity contribution in [1.82, 2.24) is 15.2 Å². The molecule has 8 heteroatoms. The van der Waals surface area contributed by atoms with Gasteiger partial charge < -0.3 is 20.1 Å². The van der Waals surface area contributed by atoms with Crippen molar-refractivity contribution in [3.05, 3.63) is 65.6 Å². The average molecular weight is 353 g/mol. The third-order valence-electron chi connectivity index (χ3n) is 3.83. The van der Waals surface area contributed by atoms with Crippen molar-refractivity contribution in [3.8, 4) is 11.5 Å². The molecular weight excluding hydrogens is 337 g/mol. The molecule has 0 spiro atoms. The van der Waals surface area contributed by atoms with Gasteiger partial charge in [0.1, 0.15) is 5.82 Å². The molecule has 7 nitrogen and oxygen atoms in total. The Balaban J connectivity index is 1.35. The zero-order valence-corrected chi connectivity index (χ0v) is 13.8. The molecule has 1 aliphatic heterocycles. The van der Waals surface area contributed by atoms with E-state index >= 15 is 0 Å². The van der Waals surface area contributed by atoms with Crippen LogP contribution in [-0.4, -0.2) is 22.0 Å². The zero-order chi connectivity index (χ0) is 17.8. The molecule has 2 aromatic carbocycles. The van der Waals surface area contributed by atoms with Crippen LogP contribution < -0.4 is 20.1 Å². The molecule has 1 aromatic heterocycles. The maximum atomic E-state index is 12.9. The highest BCUT2D eigenvalue weighted by Crippen LogP contribution is 2.32. The predicted octanol–water partition coefficient (Wildman–Crippen LogP) is 2.96. The quantitative estimate of drug-likeness (QED) is 0.705. The second-order valence-electron chi connectivity index (χ2n) is 5.69. The third-order valence-corrected chi connectivity index (χ3v) is 3.83. The largest absolute Gasteiger partial charge is 0.454 e. The number of halogens is 1. The molecule has 0 aliphatic carbocycles. The van der Waals surface area contributed by atoms with E-state index in [-0.39, 0.29) is 12.6 Å². The van der Waals surface area contributed by atoms with Gasteiger partial charge in [-0.1, -0.05) is 18.2 Å². The van der Waals surface area contributed by atoms with Crippen molar-refractivity contribution in [3.63, 3.8) is 0 Å². The molecule has 132 valence electrons. The summed E-state index contributed by atoms with van der Waals surface area (Å²) in [5, 5.41) is 14.2. The number of rotatable bonds is 6. The first kappa shape index (κ1) is 16.1. The van der Waals surface area contributed by atoms with E-state index in [2.05, 4.69) is 25.8 Å². The van der Waals surface area contributed by atoms with E-state index in [4.69, 9.17) is 9.47 Å². The molecule has 0 radical (unpaired) electrons. The Morgan fingerprint density at radius 3 is 2.58 bits per heavy atom. The van der Waals surface area contributed by atoms with Crippen LogP contribution in [-0.2, 0) is 13.1 Å². The van der Waals surface area contributed by atoms with Crippen LogP contribution in [0.15, 0.2) is 48.7 Å². The van der Waals surface area contributed by atoms with Gasteiger partial charge >= 0.3 is 0 Å². The summed E-state index contributed by atoms with van der Waals surface area (Å²) in [6.07, 6.45) is 1.54. The Hall–Kier alpha value is -3.42. The Morgan fingerprint density at radius 1 is 0.923 bits per heavy atom. The van der Waals surface area contributed by atoms with E-state index < -0.39 is 0 Å². The van der Waals surface area contributed by atoms with Crippen LogP contribution in [0, 0.1) is 5.82 Å². The van der Waals surface area contributed by atoms with E-state index in [1.54, 1.807) is 12.1 Å². The van der Waals surface area contributed by atoms with Crippen LogP contribution in [0.25, 0.3) is 0 Å². The molecule has 4 rings (SSSR count). The molecular formula is C18H16FN5O2. The summed E-state index contributed by atoms with van der Waals surface area (Å²) >= 11 is 0. The Bertz CT molecular complexity index is 904. The molecule has 0 bridgehead atoms. The molecule has 2 heterocycles. The first-order valence-corrected chi connectivity index (χ1v) is 8.07. The van der Waals surface area contributed by atoms with Crippen LogP contribution >= 0.6 is 0 Å². The fraction of sp³-hybridized carbons (Fsp3) is 0.167. The van der Waals surface area contributed by atoms with Crippen molar-refractivity contribution in [2.45, 2.75) is 13.1 Å². The minimum absolute atomic E-state index is 0.251. The molecule has 0 atom stereocenters. The van der Waals surface area contributed by atoms with Crippen molar-refractivity contribution in [1.29, 1.82) is 0 Å². The number of aromatic nitrogens is 3. The van der Waals surface area contributed by atoms with Crippen LogP contribution in [0.2, 0.25) is 0 Å². The van der Waals surface area contributed by atoms with Gasteiger partial charge in [-0.15, -0.1) is 5.10 Å². The lowest BCUT2D eigenvalue weighted by Crippen LogP contribution is -2.08. The number of hydrogen-bond acceptors (Lipinski definition) is 7. The molecule has 0 amide bonds. The van der Waals surface area contributed by atoms with Gasteiger partial charge in [0, 0.05) is 13.1 Å². The number of nitrogens with zero attached hydrogens (tertiary/aromatic N) is 3. The number of nitrogens with one attached hydrogen (secondary N) is 2. The van der Waals surface area contributed by atoms with E-state index in [0.717, 1.165) is 22.6 Å². The summed E-state index contributed by atoms with van der Waals surface area (Å²) in [4.78, 5) is 4.37. The van der Waals surface area contributed by atoms with Gasteiger partial charge in [0.25, 0.3) is 0 Å². The molecule has 0 saturated heterocycles. The first-order chi connectivity index (χ1) is 12.8. The lowest BCUT2D eigenvalue weighted by atomic mass is 10.2. The van der Waals surface area contributed by atoms with Crippen LogP contribution in [0.3, 0.4) is 0 Å². The van der Waals surface area contributed by atoms with Crippen molar-refractivity contribution in [2.75, 3.05) is 17.4 Å². The SMILES string of the molecule is Fc1ccc(CNc2cnnc(NCc3ccc4c(c3)OCO4)n2)cc1. The summed E-state index contributed by atoms with van der Waals surface area (Å²) in [5.74, 6) is 2.22. The average Bonchev–Trinajstić information content (AvgIpc) is 3.14. The summed E-state index contributed by atoms with van der Waals surface area (Å²) < 4.78 is 23.6. The highest BCUT2D eigenvalue weighted by molar-refractivity contribution is 5.45. The summed E-state index contributed by atoms with van der Waals surface area (Å²) in [5.41, 5.74) is 1.96. The van der Waals surface area contributed by atoms with Gasteiger partial charge in [-0.2, -0.15) is 10.1 Å². The Kier molecular flexibility index (Phi) is 4.46. The molecule has 3 aromatic rings.